The first-order chi connectivity index (χ1) is 44.3. The zero-order valence-electron chi connectivity index (χ0n) is 47.9. The minimum atomic E-state index is 0.440. The van der Waals surface area contributed by atoms with Gasteiger partial charge in [0.15, 0.2) is 28.8 Å². The molecule has 10 heteroatoms. The number of hydrogen-bond donors (Lipinski definition) is 0. The average Bonchev–Trinajstić information content (AvgIpc) is 1.67. The minimum Gasteiger partial charge on any atom is -0.318 e. The molecular weight excluding hydrogens is 1100 g/mol. The number of nitrogens with zero attached hydrogens (tertiary/aromatic N) is 10. The van der Waals surface area contributed by atoms with Crippen LogP contribution < -0.4 is 0 Å². The molecule has 15 rings (SSSR count). The molecule has 0 aliphatic heterocycles. The van der Waals surface area contributed by atoms with E-state index in [0.29, 0.717) is 51.3 Å². The van der Waals surface area contributed by atoms with E-state index in [2.05, 4.69) is 133 Å². The molecule has 0 saturated heterocycles. The van der Waals surface area contributed by atoms with Gasteiger partial charge in [-0.05, 0) is 153 Å². The molecule has 0 unspecified atom stereocenters. The maximum atomic E-state index is 10.0. The highest BCUT2D eigenvalue weighted by Crippen LogP contribution is 2.46. The third kappa shape index (κ3) is 9.41. The van der Waals surface area contributed by atoms with Crippen molar-refractivity contribution in [3.05, 3.63) is 312 Å². The van der Waals surface area contributed by atoms with Crippen LogP contribution in [0.1, 0.15) is 11.1 Å². The topological polar surface area (TPSA) is 109 Å². The Kier molecular flexibility index (Phi) is 13.2. The summed E-state index contributed by atoms with van der Waals surface area (Å²) in [5, 5.41) is 23.8. The zero-order chi connectivity index (χ0) is 60.8. The number of aromatic nitrogens is 5. The van der Waals surface area contributed by atoms with E-state index in [0.717, 1.165) is 122 Å². The van der Waals surface area contributed by atoms with Gasteiger partial charge < -0.3 is 9.13 Å². The fourth-order valence-corrected chi connectivity index (χ4v) is 12.4. The van der Waals surface area contributed by atoms with Crippen LogP contribution in [0.5, 0.6) is 0 Å². The molecule has 15 aromatic rings. The number of rotatable bonds is 10. The highest BCUT2D eigenvalue weighted by Gasteiger charge is 2.25. The van der Waals surface area contributed by atoms with Crippen LogP contribution in [0.3, 0.4) is 0 Å². The fourth-order valence-electron chi connectivity index (χ4n) is 12.4. The molecule has 90 heavy (non-hydrogen) atoms. The highest BCUT2D eigenvalue weighted by atomic mass is 15.1. The van der Waals surface area contributed by atoms with E-state index < -0.39 is 0 Å². The second-order valence-corrected chi connectivity index (χ2v) is 21.9. The van der Waals surface area contributed by atoms with E-state index in [1.54, 1.807) is 0 Å². The summed E-state index contributed by atoms with van der Waals surface area (Å²) in [7, 11) is 0. The quantitative estimate of drug-likeness (QED) is 0.127. The Hall–Kier alpha value is -13.3. The lowest BCUT2D eigenvalue weighted by Gasteiger charge is -2.19. The average molecular weight is 1150 g/mol. The van der Waals surface area contributed by atoms with Crippen LogP contribution >= 0.6 is 0 Å². The molecule has 0 saturated carbocycles. The predicted octanol–water partition coefficient (Wildman–Crippen LogP) is 20.8. The van der Waals surface area contributed by atoms with Gasteiger partial charge in [-0.25, -0.2) is 29.5 Å². The van der Waals surface area contributed by atoms with Crippen LogP contribution in [0.15, 0.2) is 267 Å². The second kappa shape index (κ2) is 22.3. The number of hydrogen-bond acceptors (Lipinski definition) is 5. The molecule has 0 radical (unpaired) electrons. The van der Waals surface area contributed by atoms with Crippen molar-refractivity contribution >= 4 is 60.7 Å². The Labute approximate surface area is 518 Å². The summed E-state index contributed by atoms with van der Waals surface area (Å²) < 4.78 is 4.48. The van der Waals surface area contributed by atoms with Gasteiger partial charge in [-0.2, -0.15) is 10.5 Å². The number of benzene rings is 12. The van der Waals surface area contributed by atoms with Gasteiger partial charge in [-0.3, -0.25) is 0 Å². The van der Waals surface area contributed by atoms with Crippen molar-refractivity contribution in [1.82, 2.24) is 24.1 Å². The van der Waals surface area contributed by atoms with E-state index in [1.165, 1.54) is 0 Å². The lowest BCUT2D eigenvalue weighted by molar-refractivity contribution is 1.06. The summed E-state index contributed by atoms with van der Waals surface area (Å²) in [6.07, 6.45) is 0. The normalized spacial score (nSPS) is 11.1. The molecule has 3 aromatic heterocycles. The molecule has 0 N–H and O–H groups in total. The number of para-hydroxylation sites is 1. The van der Waals surface area contributed by atoms with Crippen LogP contribution in [-0.2, 0) is 0 Å². The molecule has 0 spiro atoms. The smallest absolute Gasteiger partial charge is 0.211 e. The standard InChI is InChI=1S/C80H44N10/c1-83-63-25-12-23-56(41-63)60-32-37-74-69(45-60)70-46-61(57-24-13-26-64(42-57)84-2)33-38-75(70)90(74)77-65(27-14-28-71(77)85-3)62-29-34-66(80-87-78(52-17-6-4-7-18-52)86-79(88-80)53-19-8-5-9-20-53)76(47-62)89-72-35-30-58(54-21-10-15-50(39-54)48-81)43-67(72)68-44-59(31-36-73(68)89)55-22-11-16-51(40-55)49-82/h4-47H. The van der Waals surface area contributed by atoms with E-state index in [9.17, 15) is 10.5 Å². The molecular formula is C80H44N10. The van der Waals surface area contributed by atoms with Gasteiger partial charge >= 0.3 is 0 Å². The Morgan fingerprint density at radius 3 is 1.13 bits per heavy atom. The summed E-state index contributed by atoms with van der Waals surface area (Å²) in [6, 6.07) is 92.8. The summed E-state index contributed by atoms with van der Waals surface area (Å²) in [5.74, 6) is 1.46. The lowest BCUT2D eigenvalue weighted by atomic mass is 9.98. The van der Waals surface area contributed by atoms with Gasteiger partial charge in [-0.15, -0.1) is 0 Å². The molecule has 3 heterocycles. The van der Waals surface area contributed by atoms with Crippen LogP contribution in [-0.4, -0.2) is 24.1 Å². The summed E-state index contributed by atoms with van der Waals surface area (Å²) in [4.78, 5) is 27.6. The number of fused-ring (bicyclic) bond motifs is 6. The highest BCUT2D eigenvalue weighted by molar-refractivity contribution is 6.14. The van der Waals surface area contributed by atoms with Gasteiger partial charge in [0.25, 0.3) is 0 Å². The van der Waals surface area contributed by atoms with Crippen molar-refractivity contribution in [3.63, 3.8) is 0 Å². The van der Waals surface area contributed by atoms with Gasteiger partial charge in [0.1, 0.15) is 0 Å². The van der Waals surface area contributed by atoms with Crippen molar-refractivity contribution in [1.29, 1.82) is 10.5 Å². The SMILES string of the molecule is [C-]#[N+]c1cccc(-c2ccc3c(c2)c2cc(-c4cccc([N+]#[C-])c4)ccc2n3-c2c([N+]#[C-])cccc2-c2ccc(-c3nc(-c4ccccc4)nc(-c4ccccc4)n3)c(-n3c4ccc(-c5cccc(C#N)c5)cc4c4cc(-c5cccc(C#N)c5)ccc43)c2)c1. The molecule has 0 aliphatic rings. The number of nitriles is 2. The van der Waals surface area contributed by atoms with Crippen molar-refractivity contribution < 1.29 is 0 Å². The Balaban J connectivity index is 1.02. The van der Waals surface area contributed by atoms with E-state index in [1.807, 2.05) is 170 Å². The first-order valence-electron chi connectivity index (χ1n) is 29.0. The molecule has 0 bridgehead atoms. The third-order valence-electron chi connectivity index (χ3n) is 16.6. The van der Waals surface area contributed by atoms with Crippen molar-refractivity contribution in [2.45, 2.75) is 0 Å². The first kappa shape index (κ1) is 53.4. The van der Waals surface area contributed by atoms with Gasteiger partial charge in [0.2, 0.25) is 5.69 Å². The molecule has 0 fully saturated rings. The largest absolute Gasteiger partial charge is 0.318 e. The maximum Gasteiger partial charge on any atom is 0.211 e. The molecule has 10 nitrogen and oxygen atoms in total. The zero-order valence-corrected chi connectivity index (χ0v) is 47.9. The van der Waals surface area contributed by atoms with Crippen LogP contribution in [0.25, 0.3) is 159 Å². The van der Waals surface area contributed by atoms with Crippen molar-refractivity contribution in [2.24, 2.45) is 0 Å². The van der Waals surface area contributed by atoms with Gasteiger partial charge in [-0.1, -0.05) is 170 Å². The Bertz CT molecular complexity index is 5400. The predicted molar refractivity (Wildman–Crippen MR) is 360 cm³/mol. The lowest BCUT2D eigenvalue weighted by Crippen LogP contribution is -2.04. The third-order valence-corrected chi connectivity index (χ3v) is 16.6. The van der Waals surface area contributed by atoms with Crippen molar-refractivity contribution in [3.8, 4) is 113 Å². The van der Waals surface area contributed by atoms with E-state index >= 15 is 0 Å². The molecule has 0 atom stereocenters. The summed E-state index contributed by atoms with van der Waals surface area (Å²) >= 11 is 0. The van der Waals surface area contributed by atoms with E-state index in [-0.39, 0.29) is 0 Å². The Morgan fingerprint density at radius 1 is 0.300 bits per heavy atom. The monoisotopic (exact) mass is 1140 g/mol. The molecule has 0 amide bonds. The van der Waals surface area contributed by atoms with Crippen molar-refractivity contribution in [2.75, 3.05) is 0 Å². The van der Waals surface area contributed by atoms with E-state index in [4.69, 9.17) is 34.7 Å². The second-order valence-electron chi connectivity index (χ2n) is 21.9. The van der Waals surface area contributed by atoms with Crippen LogP contribution in [0.4, 0.5) is 17.1 Å². The maximum absolute atomic E-state index is 10.0. The van der Waals surface area contributed by atoms with Gasteiger partial charge in [0.05, 0.1) is 76.4 Å². The summed E-state index contributed by atoms with van der Waals surface area (Å²) in [6.45, 7) is 24.5. The first-order valence-corrected chi connectivity index (χ1v) is 29.0. The minimum absolute atomic E-state index is 0.440. The van der Waals surface area contributed by atoms with Crippen LogP contribution in [0.2, 0.25) is 0 Å². The van der Waals surface area contributed by atoms with Crippen LogP contribution in [0, 0.1) is 42.4 Å². The molecule has 414 valence electrons. The van der Waals surface area contributed by atoms with Gasteiger partial charge in [0, 0.05) is 38.2 Å². The molecule has 0 aliphatic carbocycles. The molecule has 12 aromatic carbocycles. The fraction of sp³-hybridized carbons (Fsp3) is 0. The summed E-state index contributed by atoms with van der Waals surface area (Å²) in [5.41, 5.74) is 18.9. The Morgan fingerprint density at radius 2 is 0.689 bits per heavy atom.